The number of thiophene rings is 2. The van der Waals surface area contributed by atoms with Gasteiger partial charge in [0.05, 0.1) is 22.5 Å². The van der Waals surface area contributed by atoms with Crippen LogP contribution in [0.4, 0.5) is 11.4 Å². The number of benzene rings is 1. The number of allylic oxidation sites excluding steroid dienone is 1. The Balaban J connectivity index is 1.62. The molecule has 2 unspecified atom stereocenters. The van der Waals surface area contributed by atoms with Gasteiger partial charge in [0.15, 0.2) is 0 Å². The van der Waals surface area contributed by atoms with Gasteiger partial charge in [-0.2, -0.15) is 0 Å². The Morgan fingerprint density at radius 1 is 0.545 bits per heavy atom. The molecule has 0 aliphatic carbocycles. The second-order valence-electron chi connectivity index (χ2n) is 21.0. The molecule has 0 saturated heterocycles. The van der Waals surface area contributed by atoms with Crippen molar-refractivity contribution < 1.29 is 9.59 Å². The van der Waals surface area contributed by atoms with E-state index in [1.54, 1.807) is 11.3 Å². The number of thiol groups is 1. The zero-order valence-corrected chi connectivity index (χ0v) is 45.5. The van der Waals surface area contributed by atoms with Crippen LogP contribution in [-0.4, -0.2) is 24.9 Å². The van der Waals surface area contributed by atoms with Crippen molar-refractivity contribution >= 4 is 69.6 Å². The van der Waals surface area contributed by atoms with Gasteiger partial charge in [-0.05, 0) is 85.8 Å². The molecule has 2 atom stereocenters. The van der Waals surface area contributed by atoms with Gasteiger partial charge in [0.1, 0.15) is 0 Å². The largest absolute Gasteiger partial charge is 0.307 e. The first-order valence-corrected chi connectivity index (χ1v) is 29.2. The predicted octanol–water partition coefficient (Wildman–Crippen LogP) is 17.1. The summed E-state index contributed by atoms with van der Waals surface area (Å²) in [4.78, 5) is 40.3. The highest BCUT2D eigenvalue weighted by molar-refractivity contribution is 7.85. The van der Waals surface area contributed by atoms with Crippen molar-refractivity contribution in [2.24, 2.45) is 11.8 Å². The summed E-state index contributed by atoms with van der Waals surface area (Å²) in [5.74, 6) is 1.06. The van der Waals surface area contributed by atoms with Crippen LogP contribution in [0, 0.1) is 11.8 Å². The summed E-state index contributed by atoms with van der Waals surface area (Å²) in [6.07, 6.45) is 33.9. The number of amides is 2. The molecular weight excluding hydrogens is 865 g/mol. The molecule has 4 heterocycles. The SMILES string of the molecule is CCC/C=C(\S)C1=c2cc3c(cc2N(CC(CCCCCC)CCCCCCCC)C1=O)=C(c1ccc(-c2ccc(C(C)(C)C)s2)s1)C(=O)N3CC(CCCCCC)CCCCCCCC. The number of rotatable bonds is 33. The van der Waals surface area contributed by atoms with E-state index in [9.17, 15) is 0 Å². The highest BCUT2D eigenvalue weighted by atomic mass is 32.1. The van der Waals surface area contributed by atoms with Crippen LogP contribution in [0.15, 0.2) is 47.4 Å². The quantitative estimate of drug-likeness (QED) is 0.0488. The predicted molar refractivity (Wildman–Crippen MR) is 295 cm³/mol. The number of hydrogen-bond donors (Lipinski definition) is 1. The Bertz CT molecular complexity index is 2120. The minimum absolute atomic E-state index is 0.0783. The topological polar surface area (TPSA) is 40.6 Å². The van der Waals surface area contributed by atoms with Crippen LogP contribution >= 0.6 is 35.3 Å². The van der Waals surface area contributed by atoms with Gasteiger partial charge in [0.2, 0.25) is 0 Å². The van der Waals surface area contributed by atoms with Crippen LogP contribution in [0.25, 0.3) is 20.9 Å². The summed E-state index contributed by atoms with van der Waals surface area (Å²) in [6.45, 7) is 19.6. The monoisotopic (exact) mass is 955 g/mol. The Morgan fingerprint density at radius 3 is 1.47 bits per heavy atom. The fourth-order valence-corrected chi connectivity index (χ4v) is 12.7. The average molecular weight is 956 g/mol. The minimum Gasteiger partial charge on any atom is -0.307 e. The summed E-state index contributed by atoms with van der Waals surface area (Å²) >= 11 is 8.71. The van der Waals surface area contributed by atoms with E-state index >= 15 is 9.59 Å². The van der Waals surface area contributed by atoms with Gasteiger partial charge in [-0.15, -0.1) is 35.3 Å². The molecule has 2 aliphatic heterocycles. The van der Waals surface area contributed by atoms with Gasteiger partial charge in [0.25, 0.3) is 11.8 Å². The average Bonchev–Trinajstić information content (AvgIpc) is 4.09. The van der Waals surface area contributed by atoms with Crippen molar-refractivity contribution in [2.75, 3.05) is 22.9 Å². The molecule has 66 heavy (non-hydrogen) atoms. The third-order valence-corrected chi connectivity index (χ3v) is 17.4. The lowest BCUT2D eigenvalue weighted by Crippen LogP contribution is -2.35. The maximum Gasteiger partial charge on any atom is 0.260 e. The van der Waals surface area contributed by atoms with Crippen molar-refractivity contribution in [2.45, 2.75) is 228 Å². The van der Waals surface area contributed by atoms with E-state index in [4.69, 9.17) is 12.6 Å². The lowest BCUT2D eigenvalue weighted by molar-refractivity contribution is -0.114. The molecule has 2 aromatic heterocycles. The zero-order valence-electron chi connectivity index (χ0n) is 43.0. The van der Waals surface area contributed by atoms with Crippen molar-refractivity contribution in [1.82, 2.24) is 0 Å². The molecular formula is C59H90N2O2S3. The molecule has 7 heteroatoms. The maximum atomic E-state index is 15.4. The van der Waals surface area contributed by atoms with Crippen LogP contribution < -0.4 is 20.2 Å². The first-order valence-electron chi connectivity index (χ1n) is 27.1. The molecule has 0 bridgehead atoms. The Labute approximate surface area is 416 Å². The summed E-state index contributed by atoms with van der Waals surface area (Å²) in [6, 6.07) is 13.4. The standard InChI is InChI=1S/C59H90N2O2S3/c1-9-14-19-23-25-29-33-44(31-27-21-16-11-3)42-60-48-41-47-49(40-46(48)55(57(60)62)50(64)35-18-13-5)61(43-45(32-28-22-17-12-4)34-30-26-24-20-15-10-2)58(63)56(47)53-37-36-51(65-53)52-38-39-54(66-52)59(6,7)8/h35-41,44-45,64H,9-34,42-43H2,1-8H3/b50-35-. The van der Waals surface area contributed by atoms with Crippen molar-refractivity contribution in [3.05, 3.63) is 67.6 Å². The van der Waals surface area contributed by atoms with Gasteiger partial charge in [-0.1, -0.05) is 196 Å². The maximum absolute atomic E-state index is 15.4. The van der Waals surface area contributed by atoms with Gasteiger partial charge in [-0.3, -0.25) is 9.59 Å². The lowest BCUT2D eigenvalue weighted by atomic mass is 9.93. The molecule has 5 rings (SSSR count). The number of carbonyl (C=O) groups is 2. The number of hydrogen-bond acceptors (Lipinski definition) is 5. The van der Waals surface area contributed by atoms with E-state index in [1.165, 1.54) is 143 Å². The molecule has 1 aromatic carbocycles. The summed E-state index contributed by atoms with van der Waals surface area (Å²) in [5, 5.41) is 1.95. The molecule has 0 radical (unpaired) electrons. The Hall–Kier alpha value is -2.61. The van der Waals surface area contributed by atoms with E-state index in [0.717, 1.165) is 82.2 Å². The molecule has 366 valence electrons. The number of anilines is 2. The second-order valence-corrected chi connectivity index (χ2v) is 23.6. The molecule has 3 aromatic rings. The van der Waals surface area contributed by atoms with E-state index in [2.05, 4.69) is 108 Å². The normalized spacial score (nSPS) is 15.1. The zero-order chi connectivity index (χ0) is 47.5. The molecule has 4 nitrogen and oxygen atoms in total. The first kappa shape index (κ1) is 54.3. The minimum atomic E-state index is 0.0783. The third kappa shape index (κ3) is 15.2. The number of unbranched alkanes of at least 4 members (excludes halogenated alkanes) is 17. The molecule has 0 fully saturated rings. The van der Waals surface area contributed by atoms with Crippen molar-refractivity contribution in [3.8, 4) is 9.75 Å². The molecule has 2 amide bonds. The highest BCUT2D eigenvalue weighted by Crippen LogP contribution is 2.41. The Kier molecular flexibility index (Phi) is 23.2. The van der Waals surface area contributed by atoms with Gasteiger partial charge < -0.3 is 9.80 Å². The van der Waals surface area contributed by atoms with Crippen LogP contribution in [0.1, 0.15) is 232 Å². The van der Waals surface area contributed by atoms with Crippen LogP contribution in [0.3, 0.4) is 0 Å². The first-order chi connectivity index (χ1) is 32.0. The third-order valence-electron chi connectivity index (χ3n) is 14.2. The van der Waals surface area contributed by atoms with Gasteiger partial charge in [-0.25, -0.2) is 0 Å². The van der Waals surface area contributed by atoms with Gasteiger partial charge >= 0.3 is 0 Å². The van der Waals surface area contributed by atoms with Crippen LogP contribution in [0.2, 0.25) is 0 Å². The molecule has 2 aliphatic rings. The van der Waals surface area contributed by atoms with Crippen molar-refractivity contribution in [1.29, 1.82) is 0 Å². The molecule has 0 spiro atoms. The fraction of sp³-hybridized carbons (Fsp3) is 0.661. The second kappa shape index (κ2) is 28.2. The van der Waals surface area contributed by atoms with E-state index in [0.29, 0.717) is 24.0 Å². The summed E-state index contributed by atoms with van der Waals surface area (Å²) in [7, 11) is 0. The van der Waals surface area contributed by atoms with E-state index < -0.39 is 0 Å². The van der Waals surface area contributed by atoms with Crippen LogP contribution in [-0.2, 0) is 15.0 Å². The number of carbonyl (C=O) groups excluding carboxylic acids is 2. The number of fused-ring (bicyclic) bond motifs is 2. The van der Waals surface area contributed by atoms with E-state index in [-0.39, 0.29) is 17.2 Å². The smallest absolute Gasteiger partial charge is 0.260 e. The highest BCUT2D eigenvalue weighted by Gasteiger charge is 2.38. The molecule has 0 N–H and O–H groups in total. The molecule has 0 saturated carbocycles. The summed E-state index contributed by atoms with van der Waals surface area (Å²) < 4.78 is 0. The number of nitrogens with zero attached hydrogens (tertiary/aromatic N) is 2. The van der Waals surface area contributed by atoms with Crippen molar-refractivity contribution in [3.63, 3.8) is 0 Å². The van der Waals surface area contributed by atoms with E-state index in [1.807, 2.05) is 11.3 Å². The fourth-order valence-electron chi connectivity index (χ4n) is 10.2. The van der Waals surface area contributed by atoms with Crippen LogP contribution in [0.5, 0.6) is 0 Å². The summed E-state index contributed by atoms with van der Waals surface area (Å²) in [5.41, 5.74) is 3.54. The van der Waals surface area contributed by atoms with Gasteiger partial charge in [0, 0.05) is 47.9 Å². The lowest BCUT2D eigenvalue weighted by Gasteiger charge is -2.27. The Morgan fingerprint density at radius 2 is 0.970 bits per heavy atom.